The van der Waals surface area contributed by atoms with Gasteiger partial charge < -0.3 is 15.8 Å². The molecule has 6 nitrogen and oxygen atoms in total. The number of aliphatic hydroxyl groups excluding tert-OH is 1. The third kappa shape index (κ3) is 2.53. The summed E-state index contributed by atoms with van der Waals surface area (Å²) in [5.74, 6) is 0.404. The average Bonchev–Trinajstić information content (AvgIpc) is 2.70. The fourth-order valence-corrected chi connectivity index (χ4v) is 2.34. The highest BCUT2D eigenvalue weighted by molar-refractivity contribution is 7.90. The van der Waals surface area contributed by atoms with Gasteiger partial charge in [0, 0.05) is 6.26 Å². The Labute approximate surface area is 105 Å². The number of rotatable bonds is 4. The minimum absolute atomic E-state index is 0.221. The van der Waals surface area contributed by atoms with Crippen LogP contribution in [0.25, 0.3) is 11.0 Å². The molecule has 0 fully saturated rings. The Morgan fingerprint density at radius 3 is 2.83 bits per heavy atom. The van der Waals surface area contributed by atoms with Crippen LogP contribution in [-0.2, 0) is 9.84 Å². The maximum atomic E-state index is 11.4. The normalized spacial score (nSPS) is 13.9. The zero-order chi connectivity index (χ0) is 13.3. The molecule has 0 aliphatic carbocycles. The van der Waals surface area contributed by atoms with Gasteiger partial charge in [0.05, 0.1) is 15.9 Å². The van der Waals surface area contributed by atoms with Crippen LogP contribution in [0.2, 0.25) is 0 Å². The second kappa shape index (κ2) is 4.68. The van der Waals surface area contributed by atoms with E-state index in [0.717, 1.165) is 6.26 Å². The van der Waals surface area contributed by atoms with E-state index in [9.17, 15) is 13.5 Å². The molecule has 0 saturated heterocycles. The van der Waals surface area contributed by atoms with Crippen molar-refractivity contribution in [3.8, 4) is 0 Å². The summed E-state index contributed by atoms with van der Waals surface area (Å²) < 4.78 is 22.8. The summed E-state index contributed by atoms with van der Waals surface area (Å²) in [5.41, 5.74) is 6.57. The number of sulfone groups is 1. The van der Waals surface area contributed by atoms with Crippen molar-refractivity contribution in [3.63, 3.8) is 0 Å². The molecule has 0 spiro atoms. The van der Waals surface area contributed by atoms with Gasteiger partial charge in [-0.25, -0.2) is 13.4 Å². The van der Waals surface area contributed by atoms with Gasteiger partial charge in [-0.1, -0.05) is 0 Å². The summed E-state index contributed by atoms with van der Waals surface area (Å²) in [7, 11) is -3.25. The molecule has 1 aromatic carbocycles. The number of nitrogens with one attached hydrogen (secondary N) is 1. The van der Waals surface area contributed by atoms with Crippen LogP contribution in [0.3, 0.4) is 0 Å². The van der Waals surface area contributed by atoms with Gasteiger partial charge in [-0.2, -0.15) is 0 Å². The smallest absolute Gasteiger partial charge is 0.175 e. The first-order valence-electron chi connectivity index (χ1n) is 5.49. The van der Waals surface area contributed by atoms with E-state index in [4.69, 9.17) is 5.73 Å². The Balaban J connectivity index is 2.46. The summed E-state index contributed by atoms with van der Waals surface area (Å²) in [6, 6.07) is 4.62. The van der Waals surface area contributed by atoms with E-state index >= 15 is 0 Å². The molecule has 1 unspecified atom stereocenters. The molecule has 0 amide bonds. The molecule has 0 aliphatic rings. The zero-order valence-electron chi connectivity index (χ0n) is 9.92. The second-order valence-corrected chi connectivity index (χ2v) is 6.18. The van der Waals surface area contributed by atoms with Crippen molar-refractivity contribution in [2.45, 2.75) is 17.4 Å². The first-order valence-corrected chi connectivity index (χ1v) is 7.39. The predicted molar refractivity (Wildman–Crippen MR) is 67.8 cm³/mol. The number of nitrogens with two attached hydrogens (primary N) is 1. The van der Waals surface area contributed by atoms with Crippen LogP contribution >= 0.6 is 0 Å². The highest BCUT2D eigenvalue weighted by atomic mass is 32.2. The number of hydrogen-bond acceptors (Lipinski definition) is 5. The highest BCUT2D eigenvalue weighted by Gasteiger charge is 2.14. The third-order valence-electron chi connectivity index (χ3n) is 2.66. The number of imidazole rings is 1. The SMILES string of the molecule is CS(=O)(=O)c1ccc2nc(C(O)CCN)[nH]c2c1. The van der Waals surface area contributed by atoms with Crippen LogP contribution in [0, 0.1) is 0 Å². The maximum absolute atomic E-state index is 11.4. The molecule has 7 heteroatoms. The third-order valence-corrected chi connectivity index (χ3v) is 3.77. The van der Waals surface area contributed by atoms with Crippen LogP contribution in [0.15, 0.2) is 23.1 Å². The van der Waals surface area contributed by atoms with Crippen LogP contribution in [-0.4, -0.2) is 36.3 Å². The van der Waals surface area contributed by atoms with Crippen molar-refractivity contribution in [1.82, 2.24) is 9.97 Å². The Morgan fingerprint density at radius 1 is 1.50 bits per heavy atom. The van der Waals surface area contributed by atoms with Crippen molar-refractivity contribution >= 4 is 20.9 Å². The lowest BCUT2D eigenvalue weighted by atomic mass is 10.2. The van der Waals surface area contributed by atoms with Crippen molar-refractivity contribution in [1.29, 1.82) is 0 Å². The number of benzene rings is 1. The molecule has 4 N–H and O–H groups in total. The van der Waals surface area contributed by atoms with E-state index in [1.54, 1.807) is 6.07 Å². The number of H-pyrrole nitrogens is 1. The fraction of sp³-hybridized carbons (Fsp3) is 0.364. The van der Waals surface area contributed by atoms with E-state index in [0.29, 0.717) is 29.8 Å². The quantitative estimate of drug-likeness (QED) is 0.742. The number of nitrogens with zero attached hydrogens (tertiary/aromatic N) is 1. The minimum atomic E-state index is -3.25. The first-order chi connectivity index (χ1) is 8.41. The minimum Gasteiger partial charge on any atom is -0.385 e. The summed E-state index contributed by atoms with van der Waals surface area (Å²) in [6.45, 7) is 0.354. The number of aromatic nitrogens is 2. The lowest BCUT2D eigenvalue weighted by molar-refractivity contribution is 0.162. The van der Waals surface area contributed by atoms with Crippen molar-refractivity contribution < 1.29 is 13.5 Å². The number of fused-ring (bicyclic) bond motifs is 1. The molecular weight excluding hydrogens is 254 g/mol. The lowest BCUT2D eigenvalue weighted by Crippen LogP contribution is -2.07. The lowest BCUT2D eigenvalue weighted by Gasteiger charge is -2.03. The Hall–Kier alpha value is -1.44. The van der Waals surface area contributed by atoms with E-state index in [1.165, 1.54) is 12.1 Å². The van der Waals surface area contributed by atoms with Gasteiger partial charge in [0.15, 0.2) is 9.84 Å². The standard InChI is InChI=1S/C11H15N3O3S/c1-18(16,17)7-2-3-8-9(6-7)14-11(13-8)10(15)4-5-12/h2-3,6,10,15H,4-5,12H2,1H3,(H,13,14). The summed E-state index contributed by atoms with van der Waals surface area (Å²) in [6.07, 6.45) is 0.789. The van der Waals surface area contributed by atoms with Crippen LogP contribution in [0.5, 0.6) is 0 Å². The topological polar surface area (TPSA) is 109 Å². The van der Waals surface area contributed by atoms with Gasteiger partial charge in [0.2, 0.25) is 0 Å². The van der Waals surface area contributed by atoms with Gasteiger partial charge in [0.25, 0.3) is 0 Å². The molecule has 1 heterocycles. The highest BCUT2D eigenvalue weighted by Crippen LogP contribution is 2.20. The molecule has 0 saturated carbocycles. The van der Waals surface area contributed by atoms with Gasteiger partial charge in [-0.15, -0.1) is 0 Å². The van der Waals surface area contributed by atoms with Crippen LogP contribution in [0.1, 0.15) is 18.3 Å². The van der Waals surface area contributed by atoms with Gasteiger partial charge in [0.1, 0.15) is 11.9 Å². The Kier molecular flexibility index (Phi) is 3.38. The number of aliphatic hydroxyl groups is 1. The van der Waals surface area contributed by atoms with E-state index in [1.807, 2.05) is 0 Å². The van der Waals surface area contributed by atoms with Crippen LogP contribution < -0.4 is 5.73 Å². The molecule has 2 rings (SSSR count). The Morgan fingerprint density at radius 2 is 2.22 bits per heavy atom. The largest absolute Gasteiger partial charge is 0.385 e. The van der Waals surface area contributed by atoms with E-state index in [2.05, 4.69) is 9.97 Å². The van der Waals surface area contributed by atoms with E-state index in [-0.39, 0.29) is 4.90 Å². The molecule has 98 valence electrons. The second-order valence-electron chi connectivity index (χ2n) is 4.17. The summed E-state index contributed by atoms with van der Waals surface area (Å²) >= 11 is 0. The molecule has 1 atom stereocenters. The fourth-order valence-electron chi connectivity index (χ4n) is 1.69. The Bertz CT molecular complexity index is 663. The zero-order valence-corrected chi connectivity index (χ0v) is 10.7. The molecule has 1 aromatic heterocycles. The number of aromatic amines is 1. The monoisotopic (exact) mass is 269 g/mol. The predicted octanol–water partition coefficient (Wildman–Crippen LogP) is 0.349. The van der Waals surface area contributed by atoms with Gasteiger partial charge in [-0.3, -0.25) is 0 Å². The molecule has 0 radical (unpaired) electrons. The molecular formula is C11H15N3O3S. The molecule has 0 aliphatic heterocycles. The summed E-state index contributed by atoms with van der Waals surface area (Å²) in [5, 5.41) is 9.76. The van der Waals surface area contributed by atoms with E-state index < -0.39 is 15.9 Å². The number of hydrogen-bond donors (Lipinski definition) is 3. The molecule has 2 aromatic rings. The van der Waals surface area contributed by atoms with Crippen molar-refractivity contribution in [2.75, 3.05) is 12.8 Å². The molecule has 0 bridgehead atoms. The van der Waals surface area contributed by atoms with Crippen molar-refractivity contribution in [3.05, 3.63) is 24.0 Å². The first kappa shape index (κ1) is 13.0. The van der Waals surface area contributed by atoms with Crippen molar-refractivity contribution in [2.24, 2.45) is 5.73 Å². The van der Waals surface area contributed by atoms with Crippen LogP contribution in [0.4, 0.5) is 0 Å². The summed E-state index contributed by atoms with van der Waals surface area (Å²) in [4.78, 5) is 7.33. The molecule has 18 heavy (non-hydrogen) atoms. The average molecular weight is 269 g/mol. The maximum Gasteiger partial charge on any atom is 0.175 e. The van der Waals surface area contributed by atoms with Gasteiger partial charge in [-0.05, 0) is 31.2 Å². The van der Waals surface area contributed by atoms with Gasteiger partial charge >= 0.3 is 0 Å².